The van der Waals surface area contributed by atoms with Gasteiger partial charge in [-0.25, -0.2) is 28.8 Å². The molecule has 382 valence electrons. The van der Waals surface area contributed by atoms with Gasteiger partial charge in [-0.2, -0.15) is 0 Å². The van der Waals surface area contributed by atoms with E-state index in [2.05, 4.69) is 13.2 Å². The van der Waals surface area contributed by atoms with Gasteiger partial charge in [0.25, 0.3) is 0 Å². The highest BCUT2D eigenvalue weighted by Gasteiger charge is 2.49. The maximum Gasteiger partial charge on any atom is 0.513 e. The number of ether oxygens (including phenoxy) is 12. The van der Waals surface area contributed by atoms with Crippen LogP contribution in [0.15, 0.2) is 122 Å². The van der Waals surface area contributed by atoms with Gasteiger partial charge in [-0.1, -0.05) is 13.2 Å². The molecule has 0 amide bonds. The van der Waals surface area contributed by atoms with Gasteiger partial charge in [0.15, 0.2) is 6.10 Å². The van der Waals surface area contributed by atoms with Crippen LogP contribution in [0, 0.1) is 0 Å². The number of fused-ring (bicyclic) bond motifs is 1. The Morgan fingerprint density at radius 2 is 0.917 bits per heavy atom. The highest BCUT2D eigenvalue weighted by Crippen LogP contribution is 2.31. The molecule has 20 heteroatoms. The van der Waals surface area contributed by atoms with Gasteiger partial charge in [-0.3, -0.25) is 9.59 Å². The second-order valence-electron chi connectivity index (χ2n) is 14.9. The summed E-state index contributed by atoms with van der Waals surface area (Å²) in [6.07, 6.45) is 2.98. The van der Waals surface area contributed by atoms with Crippen molar-refractivity contribution < 1.29 is 95.2 Å². The zero-order chi connectivity index (χ0) is 52.1. The molecule has 0 aromatic heterocycles. The van der Waals surface area contributed by atoms with Crippen molar-refractivity contribution in [2.45, 2.75) is 50.1 Å². The Morgan fingerprint density at radius 3 is 1.33 bits per heavy atom. The number of benzene rings is 4. The van der Waals surface area contributed by atoms with Crippen LogP contribution >= 0.6 is 0 Å². The molecule has 0 spiro atoms. The van der Waals surface area contributed by atoms with Crippen molar-refractivity contribution in [3.8, 4) is 23.0 Å². The Bertz CT molecular complexity index is 2390. The van der Waals surface area contributed by atoms with E-state index in [-0.39, 0.29) is 78.7 Å². The number of rotatable bonds is 22. The second kappa shape index (κ2) is 31.2. The van der Waals surface area contributed by atoms with Crippen molar-refractivity contribution >= 4 is 48.8 Å². The second-order valence-corrected chi connectivity index (χ2v) is 14.9. The van der Waals surface area contributed by atoms with Crippen molar-refractivity contribution in [2.75, 3.05) is 53.9 Å². The lowest BCUT2D eigenvalue weighted by atomic mass is 10.1. The van der Waals surface area contributed by atoms with Gasteiger partial charge in [-0.15, -0.1) is 0 Å². The fourth-order valence-corrected chi connectivity index (χ4v) is 6.21. The van der Waals surface area contributed by atoms with Gasteiger partial charge in [0.05, 0.1) is 49.7 Å². The molecule has 0 radical (unpaired) electrons. The van der Waals surface area contributed by atoms with Gasteiger partial charge in [0, 0.05) is 32.5 Å². The quantitative estimate of drug-likeness (QED) is 0.0142. The van der Waals surface area contributed by atoms with E-state index in [9.17, 15) is 33.6 Å². The van der Waals surface area contributed by atoms with Crippen molar-refractivity contribution in [1.82, 2.24) is 0 Å². The predicted molar refractivity (Wildman–Crippen MR) is 252 cm³/mol. The van der Waals surface area contributed by atoms with Gasteiger partial charge < -0.3 is 56.8 Å². The molecular formula is C52H54O20. The number of esters is 4. The third kappa shape index (κ3) is 19.4. The number of unbranched alkanes of at least 4 members (excludes halogenated alkanes) is 2. The summed E-state index contributed by atoms with van der Waals surface area (Å²) in [7, 11) is 3.19. The topological polar surface area (TPSA) is 247 Å². The van der Waals surface area contributed by atoms with Gasteiger partial charge in [0.2, 0.25) is 0 Å². The molecule has 2 fully saturated rings. The molecule has 4 unspecified atom stereocenters. The van der Waals surface area contributed by atoms with Crippen LogP contribution in [0.1, 0.15) is 67.1 Å². The Labute approximate surface area is 414 Å². The fourth-order valence-electron chi connectivity index (χ4n) is 6.21. The number of hydrogen-bond acceptors (Lipinski definition) is 20. The molecule has 20 nitrogen and oxygen atoms in total. The van der Waals surface area contributed by atoms with Crippen LogP contribution in [0.2, 0.25) is 0 Å². The number of carbonyl (C=O) groups is 8. The average molecular weight is 999 g/mol. The zero-order valence-corrected chi connectivity index (χ0v) is 39.5. The van der Waals surface area contributed by atoms with Gasteiger partial charge in [0.1, 0.15) is 53.9 Å². The van der Waals surface area contributed by atoms with E-state index in [1.54, 1.807) is 26.4 Å². The summed E-state index contributed by atoms with van der Waals surface area (Å²) in [5, 5.41) is 0. The van der Waals surface area contributed by atoms with Gasteiger partial charge >= 0.3 is 36.2 Å². The summed E-state index contributed by atoms with van der Waals surface area (Å²) in [6, 6.07) is 23.7. The Kier molecular flexibility index (Phi) is 24.5. The molecule has 72 heavy (non-hydrogen) atoms. The molecule has 4 aromatic rings. The van der Waals surface area contributed by atoms with Crippen molar-refractivity contribution in [1.29, 1.82) is 0 Å². The molecule has 0 aliphatic carbocycles. The molecule has 2 heterocycles. The number of allylic oxidation sites excluding steroid dienone is 1. The Balaban J connectivity index is 0.000000313. The lowest BCUT2D eigenvalue weighted by Gasteiger charge is -2.16. The molecule has 0 bridgehead atoms. The largest absolute Gasteiger partial charge is 0.513 e. The van der Waals surface area contributed by atoms with Crippen molar-refractivity contribution in [3.63, 3.8) is 0 Å². The maximum absolute atomic E-state index is 12.6. The summed E-state index contributed by atoms with van der Waals surface area (Å²) in [5.74, 6) is -1.30. The molecule has 4 aromatic carbocycles. The normalized spacial score (nSPS) is 16.0. The van der Waals surface area contributed by atoms with E-state index in [0.29, 0.717) is 56.4 Å². The minimum absolute atomic E-state index is 0.0879. The molecule has 2 aliphatic rings. The monoisotopic (exact) mass is 998 g/mol. The highest BCUT2D eigenvalue weighted by molar-refractivity contribution is 5.93. The standard InChI is InChI=1S/C29H30O12.C20H20O7.C3H4O/c1-3-24(30)35-14-4-5-15-36-29(33)40-21-12-8-18(9-13-21)27(31)39-20-10-6-19(7-11-20)28(32)41-23-17-38-25-22(34-2)16-37-26(23)25;1-24-12-2-3-13-25-20(23)27-18-10-6-16(7-11-18)19(22)26-17-8-4-15(14-21)5-9-17;1-2-3-4/h3,6-13,22-23,25-26H,1,4-5,14-17H2,2H3;4-11,14H,2-3,12-13H2,1H3;2-3H,1H2. The van der Waals surface area contributed by atoms with Crippen LogP contribution in [0.4, 0.5) is 9.59 Å². The van der Waals surface area contributed by atoms with Crippen molar-refractivity contribution in [3.05, 3.63) is 145 Å². The Morgan fingerprint density at radius 1 is 0.528 bits per heavy atom. The third-order valence-electron chi connectivity index (χ3n) is 9.86. The number of hydrogen-bond donors (Lipinski definition) is 0. The Hall–Kier alpha value is -8.04. The first-order valence-electron chi connectivity index (χ1n) is 22.2. The van der Waals surface area contributed by atoms with Crippen LogP contribution in [0.5, 0.6) is 23.0 Å². The lowest BCUT2D eigenvalue weighted by molar-refractivity contribution is -0.137. The number of aldehydes is 2. The summed E-state index contributed by atoms with van der Waals surface area (Å²) in [4.78, 5) is 91.2. The van der Waals surface area contributed by atoms with Crippen molar-refractivity contribution in [2.24, 2.45) is 0 Å². The summed E-state index contributed by atoms with van der Waals surface area (Å²) < 4.78 is 62.5. The summed E-state index contributed by atoms with van der Waals surface area (Å²) >= 11 is 0. The molecular weight excluding hydrogens is 945 g/mol. The van der Waals surface area contributed by atoms with E-state index in [4.69, 9.17) is 61.6 Å². The van der Waals surface area contributed by atoms with Crippen LogP contribution in [0.3, 0.4) is 0 Å². The van der Waals surface area contributed by atoms with E-state index < -0.39 is 42.3 Å². The average Bonchev–Trinajstić information content (AvgIpc) is 4.00. The third-order valence-corrected chi connectivity index (χ3v) is 9.86. The first-order valence-corrected chi connectivity index (χ1v) is 22.2. The van der Waals surface area contributed by atoms with Crippen LogP contribution < -0.4 is 18.9 Å². The molecule has 4 atom stereocenters. The minimum Gasteiger partial charge on any atom is -0.463 e. The molecule has 2 aliphatic heterocycles. The first-order chi connectivity index (χ1) is 34.9. The molecule has 6 rings (SSSR count). The van der Waals surface area contributed by atoms with Crippen LogP contribution in [-0.4, -0.2) is 127 Å². The van der Waals surface area contributed by atoms with E-state index in [1.807, 2.05) is 0 Å². The van der Waals surface area contributed by atoms with Gasteiger partial charge in [-0.05, 0) is 129 Å². The minimum atomic E-state index is -0.905. The maximum atomic E-state index is 12.6. The first kappa shape index (κ1) is 56.5. The van der Waals surface area contributed by atoms with E-state index in [0.717, 1.165) is 12.5 Å². The number of methoxy groups -OCH3 is 2. The SMILES string of the molecule is C=CC(=O)OCCCCOC(=O)Oc1ccc(C(=O)Oc2ccc(C(=O)OC3COC4C(OC)COC34)cc2)cc1.C=CC=O.COCCCCOC(=O)Oc1ccc(C(=O)Oc2ccc(C=O)cc2)cc1. The van der Waals surface area contributed by atoms with Crippen LogP contribution in [-0.2, 0) is 47.5 Å². The van der Waals surface area contributed by atoms with E-state index in [1.165, 1.54) is 91.0 Å². The van der Waals surface area contributed by atoms with Crippen LogP contribution in [0.25, 0.3) is 0 Å². The summed E-state index contributed by atoms with van der Waals surface area (Å²) in [5.41, 5.74) is 1.26. The summed E-state index contributed by atoms with van der Waals surface area (Å²) in [6.45, 7) is 8.14. The molecule has 2 saturated heterocycles. The highest BCUT2D eigenvalue weighted by atomic mass is 16.7. The smallest absolute Gasteiger partial charge is 0.463 e. The zero-order valence-electron chi connectivity index (χ0n) is 39.5. The predicted octanol–water partition coefficient (Wildman–Crippen LogP) is 7.30. The lowest BCUT2D eigenvalue weighted by Crippen LogP contribution is -2.34. The fraction of sp³-hybridized carbons (Fsp3) is 0.308. The number of carbonyl (C=O) groups excluding carboxylic acids is 8. The molecule has 0 saturated carbocycles. The van der Waals surface area contributed by atoms with E-state index >= 15 is 0 Å². The molecule has 0 N–H and O–H groups in total.